The smallest absolute Gasteiger partial charge is 0.307 e. The molecule has 0 radical (unpaired) electrons. The Hall–Kier alpha value is -3.28. The van der Waals surface area contributed by atoms with Gasteiger partial charge >= 0.3 is 5.97 Å². The number of aromatic amines is 1. The molecule has 128 valence electrons. The number of hydrogen-bond donors (Lipinski definition) is 4. The zero-order valence-electron chi connectivity index (χ0n) is 13.3. The van der Waals surface area contributed by atoms with Gasteiger partial charge in [-0.3, -0.25) is 9.59 Å². The van der Waals surface area contributed by atoms with Gasteiger partial charge in [-0.25, -0.2) is 0 Å². The first kappa shape index (κ1) is 16.6. The summed E-state index contributed by atoms with van der Waals surface area (Å²) in [5.74, 6) is -3.40. The lowest BCUT2D eigenvalue weighted by Crippen LogP contribution is -2.20. The molecule has 1 heterocycles. The fourth-order valence-electron chi connectivity index (χ4n) is 2.95. The van der Waals surface area contributed by atoms with Gasteiger partial charge in [0.1, 0.15) is 17.1 Å². The van der Waals surface area contributed by atoms with Gasteiger partial charge in [-0.1, -0.05) is 24.3 Å². The predicted molar refractivity (Wildman–Crippen MR) is 91.8 cm³/mol. The molecule has 1 aromatic heterocycles. The van der Waals surface area contributed by atoms with Gasteiger partial charge < -0.3 is 20.3 Å². The Balaban J connectivity index is 1.85. The zero-order chi connectivity index (χ0) is 18.0. The SMILES string of the molecule is O=C(C[C@@H](Cc1c[nH]c2ccccc12)C(=O)O)c1c(O)cccc1O. The van der Waals surface area contributed by atoms with Crippen molar-refractivity contribution in [2.45, 2.75) is 12.8 Å². The summed E-state index contributed by atoms with van der Waals surface area (Å²) in [7, 11) is 0. The second kappa shape index (κ2) is 6.68. The van der Waals surface area contributed by atoms with E-state index in [1.807, 2.05) is 24.3 Å². The summed E-state index contributed by atoms with van der Waals surface area (Å²) in [5.41, 5.74) is 1.45. The van der Waals surface area contributed by atoms with Crippen molar-refractivity contribution in [1.29, 1.82) is 0 Å². The van der Waals surface area contributed by atoms with Crippen LogP contribution >= 0.6 is 0 Å². The van der Waals surface area contributed by atoms with Gasteiger partial charge in [0.2, 0.25) is 0 Å². The van der Waals surface area contributed by atoms with E-state index in [2.05, 4.69) is 4.98 Å². The average Bonchev–Trinajstić information content (AvgIpc) is 2.97. The summed E-state index contributed by atoms with van der Waals surface area (Å²) in [6, 6.07) is 11.5. The van der Waals surface area contributed by atoms with E-state index < -0.39 is 17.7 Å². The molecule has 0 unspecified atom stereocenters. The van der Waals surface area contributed by atoms with Crippen LogP contribution in [0.15, 0.2) is 48.7 Å². The van der Waals surface area contributed by atoms with Crippen molar-refractivity contribution >= 4 is 22.7 Å². The minimum atomic E-state index is -1.10. The molecule has 6 nitrogen and oxygen atoms in total. The number of carboxylic acid groups (broad SMARTS) is 1. The van der Waals surface area contributed by atoms with Crippen LogP contribution < -0.4 is 0 Å². The normalized spacial score (nSPS) is 12.2. The van der Waals surface area contributed by atoms with Gasteiger partial charge in [0, 0.05) is 23.5 Å². The molecule has 1 atom stereocenters. The van der Waals surface area contributed by atoms with Crippen molar-refractivity contribution in [1.82, 2.24) is 4.98 Å². The first-order valence-corrected chi connectivity index (χ1v) is 7.79. The van der Waals surface area contributed by atoms with Crippen LogP contribution in [0.3, 0.4) is 0 Å². The van der Waals surface area contributed by atoms with Gasteiger partial charge in [-0.05, 0) is 30.2 Å². The molecule has 0 bridgehead atoms. The van der Waals surface area contributed by atoms with E-state index >= 15 is 0 Å². The summed E-state index contributed by atoms with van der Waals surface area (Å²) < 4.78 is 0. The number of para-hydroxylation sites is 1. The summed E-state index contributed by atoms with van der Waals surface area (Å²) >= 11 is 0. The third kappa shape index (κ3) is 3.33. The number of phenolic OH excluding ortho intramolecular Hbond substituents is 2. The van der Waals surface area contributed by atoms with E-state index in [1.54, 1.807) is 6.20 Å². The molecular weight excluding hydrogens is 322 g/mol. The summed E-state index contributed by atoms with van der Waals surface area (Å²) in [5, 5.41) is 30.0. The largest absolute Gasteiger partial charge is 0.507 e. The highest BCUT2D eigenvalue weighted by Crippen LogP contribution is 2.30. The molecule has 3 aromatic rings. The second-order valence-corrected chi connectivity index (χ2v) is 5.90. The molecule has 0 saturated heterocycles. The number of hydrogen-bond acceptors (Lipinski definition) is 4. The van der Waals surface area contributed by atoms with Crippen molar-refractivity contribution in [2.24, 2.45) is 5.92 Å². The van der Waals surface area contributed by atoms with E-state index in [0.717, 1.165) is 16.5 Å². The molecule has 0 aliphatic carbocycles. The molecule has 2 aromatic carbocycles. The minimum Gasteiger partial charge on any atom is -0.507 e. The van der Waals surface area contributed by atoms with Crippen LogP contribution in [-0.4, -0.2) is 32.1 Å². The molecule has 3 rings (SSSR count). The lowest BCUT2D eigenvalue weighted by Gasteiger charge is -2.12. The number of Topliss-reactive ketones (excluding diaryl/α,β-unsaturated/α-hetero) is 1. The predicted octanol–water partition coefficient (Wildman–Crippen LogP) is 3.10. The zero-order valence-corrected chi connectivity index (χ0v) is 13.3. The number of carbonyl (C=O) groups is 2. The van der Waals surface area contributed by atoms with Gasteiger partial charge in [0.05, 0.1) is 5.92 Å². The Morgan fingerprint density at radius 3 is 2.36 bits per heavy atom. The van der Waals surface area contributed by atoms with Crippen molar-refractivity contribution < 1.29 is 24.9 Å². The third-order valence-electron chi connectivity index (χ3n) is 4.22. The Labute approximate surface area is 143 Å². The molecule has 0 aliphatic heterocycles. The Bertz CT molecular complexity index is 924. The highest BCUT2D eigenvalue weighted by molar-refractivity contribution is 6.02. The first-order chi connectivity index (χ1) is 12.0. The van der Waals surface area contributed by atoms with E-state index in [4.69, 9.17) is 0 Å². The Morgan fingerprint density at radius 1 is 1.00 bits per heavy atom. The molecule has 4 N–H and O–H groups in total. The maximum absolute atomic E-state index is 12.4. The fourth-order valence-corrected chi connectivity index (χ4v) is 2.95. The van der Waals surface area contributed by atoms with Crippen LogP contribution in [0.4, 0.5) is 0 Å². The van der Waals surface area contributed by atoms with Crippen LogP contribution in [-0.2, 0) is 11.2 Å². The van der Waals surface area contributed by atoms with E-state index in [0.29, 0.717) is 0 Å². The average molecular weight is 339 g/mol. The van der Waals surface area contributed by atoms with Gasteiger partial charge in [0.15, 0.2) is 5.78 Å². The second-order valence-electron chi connectivity index (χ2n) is 5.90. The number of benzene rings is 2. The minimum absolute atomic E-state index is 0.166. The van der Waals surface area contributed by atoms with Crippen molar-refractivity contribution in [3.8, 4) is 11.5 Å². The molecule has 0 amide bonds. The van der Waals surface area contributed by atoms with Crippen LogP contribution in [0.25, 0.3) is 10.9 Å². The number of fused-ring (bicyclic) bond motifs is 1. The lowest BCUT2D eigenvalue weighted by molar-refractivity contribution is -0.141. The molecular formula is C19H17NO5. The number of aromatic hydroxyl groups is 2. The van der Waals surface area contributed by atoms with Crippen molar-refractivity contribution in [2.75, 3.05) is 0 Å². The number of rotatable bonds is 6. The highest BCUT2D eigenvalue weighted by Gasteiger charge is 2.26. The quantitative estimate of drug-likeness (QED) is 0.516. The summed E-state index contributed by atoms with van der Waals surface area (Å²) in [6.45, 7) is 0. The number of aliphatic carboxylic acids is 1. The lowest BCUT2D eigenvalue weighted by atomic mass is 9.91. The van der Waals surface area contributed by atoms with Crippen molar-refractivity contribution in [3.05, 3.63) is 59.8 Å². The van der Waals surface area contributed by atoms with Gasteiger partial charge in [-0.2, -0.15) is 0 Å². The molecule has 0 fully saturated rings. The number of carboxylic acids is 1. The monoisotopic (exact) mass is 339 g/mol. The molecule has 0 spiro atoms. The fraction of sp³-hybridized carbons (Fsp3) is 0.158. The van der Waals surface area contributed by atoms with E-state index in [9.17, 15) is 24.9 Å². The molecule has 25 heavy (non-hydrogen) atoms. The number of ketones is 1. The standard InChI is InChI=1S/C19H17NO5/c21-15-6-3-7-16(22)18(15)17(23)9-11(19(24)25)8-12-10-20-14-5-2-1-4-13(12)14/h1-7,10-11,20-22H,8-9H2,(H,24,25)/t11-/m1/s1. The number of nitrogens with one attached hydrogen (secondary N) is 1. The van der Waals surface area contributed by atoms with Crippen molar-refractivity contribution in [3.63, 3.8) is 0 Å². The molecule has 6 heteroatoms. The number of phenols is 2. The van der Waals surface area contributed by atoms with Crippen LogP contribution in [0, 0.1) is 5.92 Å². The topological polar surface area (TPSA) is 111 Å². The Morgan fingerprint density at radius 2 is 1.68 bits per heavy atom. The summed E-state index contributed by atoms with van der Waals surface area (Å²) in [4.78, 5) is 27.1. The maximum Gasteiger partial charge on any atom is 0.307 e. The summed E-state index contributed by atoms with van der Waals surface area (Å²) in [6.07, 6.45) is 1.59. The third-order valence-corrected chi connectivity index (χ3v) is 4.22. The maximum atomic E-state index is 12.4. The van der Waals surface area contributed by atoms with Gasteiger partial charge in [-0.15, -0.1) is 0 Å². The highest BCUT2D eigenvalue weighted by atomic mass is 16.4. The Kier molecular flexibility index (Phi) is 4.43. The molecule has 0 aliphatic rings. The molecule has 0 saturated carbocycles. The van der Waals surface area contributed by atoms with Crippen LogP contribution in [0.2, 0.25) is 0 Å². The number of aromatic nitrogens is 1. The van der Waals surface area contributed by atoms with Crippen LogP contribution in [0.1, 0.15) is 22.3 Å². The van der Waals surface area contributed by atoms with E-state index in [1.165, 1.54) is 18.2 Å². The first-order valence-electron chi connectivity index (χ1n) is 7.79. The van der Waals surface area contributed by atoms with Crippen LogP contribution in [0.5, 0.6) is 11.5 Å². The van der Waals surface area contributed by atoms with E-state index in [-0.39, 0.29) is 29.9 Å². The number of carbonyl (C=O) groups excluding carboxylic acids is 1. The number of H-pyrrole nitrogens is 1. The van der Waals surface area contributed by atoms with Gasteiger partial charge in [0.25, 0.3) is 0 Å².